The quantitative estimate of drug-likeness (QED) is 0.182. The number of carbonyl (C=O) groups is 4. The fraction of sp³-hybridized carbons (Fsp3) is 0.500. The van der Waals surface area contributed by atoms with Gasteiger partial charge >= 0.3 is 5.97 Å². The van der Waals surface area contributed by atoms with E-state index in [9.17, 15) is 24.3 Å². The predicted octanol–water partition coefficient (Wildman–Crippen LogP) is 4.74. The first-order valence-corrected chi connectivity index (χ1v) is 17.8. The SMILES string of the molecule is C=CCCC(=O)N[C@@H](C)[C@H](OC(=O)[C@@H]1[C@H]2C(=O)N([C@@H](CO)CC(C)C)[C@H](C(=O)N(CC=C)Cc3ccccc3)[C@]23CC[C@H]1O3)c1ccccc1. The van der Waals surface area contributed by atoms with E-state index in [1.807, 2.05) is 74.5 Å². The average molecular weight is 686 g/mol. The van der Waals surface area contributed by atoms with Gasteiger partial charge in [0.15, 0.2) is 0 Å². The Kier molecular flexibility index (Phi) is 12.0. The van der Waals surface area contributed by atoms with Crippen molar-refractivity contribution in [2.75, 3.05) is 13.2 Å². The van der Waals surface area contributed by atoms with E-state index in [-0.39, 0.29) is 43.2 Å². The number of hydrogen-bond donors (Lipinski definition) is 2. The topological polar surface area (TPSA) is 125 Å². The highest BCUT2D eigenvalue weighted by Crippen LogP contribution is 2.59. The Morgan fingerprint density at radius 2 is 1.76 bits per heavy atom. The molecule has 3 fully saturated rings. The molecule has 5 rings (SSSR count). The number of rotatable bonds is 17. The number of benzene rings is 2. The second-order valence-electron chi connectivity index (χ2n) is 14.2. The van der Waals surface area contributed by atoms with Crippen LogP contribution in [0.25, 0.3) is 0 Å². The highest BCUT2D eigenvalue weighted by molar-refractivity contribution is 5.98. The summed E-state index contributed by atoms with van der Waals surface area (Å²) in [5.41, 5.74) is 0.349. The molecule has 268 valence electrons. The standard InChI is InChI=1S/C40H51N3O7/c1-6-8-19-32(45)41-27(5)35(29-17-13-10-14-18-29)49-39(48)33-31-20-21-40(50-31)34(33)37(46)43(30(25-44)23-26(3)4)36(40)38(47)42(22-7-2)24-28-15-11-9-12-16-28/h6-7,9-18,26-27,30-31,33-36,44H,1-2,8,19-25H2,3-5H3,(H,41,45)/t27-,30+,31+,33-,34-,35-,36+,40-/m0/s1. The maximum Gasteiger partial charge on any atom is 0.313 e. The molecule has 10 heteroatoms. The summed E-state index contributed by atoms with van der Waals surface area (Å²) >= 11 is 0. The zero-order valence-corrected chi connectivity index (χ0v) is 29.4. The smallest absolute Gasteiger partial charge is 0.313 e. The van der Waals surface area contributed by atoms with Crippen LogP contribution in [0.3, 0.4) is 0 Å². The first-order chi connectivity index (χ1) is 24.1. The summed E-state index contributed by atoms with van der Waals surface area (Å²) in [6.45, 7) is 13.6. The summed E-state index contributed by atoms with van der Waals surface area (Å²) in [6.07, 6.45) is 3.98. The van der Waals surface area contributed by atoms with Gasteiger partial charge in [-0.15, -0.1) is 13.2 Å². The Morgan fingerprint density at radius 3 is 2.38 bits per heavy atom. The Bertz CT molecular complexity index is 1530. The number of fused-ring (bicyclic) bond motifs is 1. The van der Waals surface area contributed by atoms with Gasteiger partial charge in [0.05, 0.1) is 36.6 Å². The number of nitrogens with one attached hydrogen (secondary N) is 1. The van der Waals surface area contributed by atoms with Crippen LogP contribution in [0.1, 0.15) is 70.1 Å². The van der Waals surface area contributed by atoms with Crippen molar-refractivity contribution >= 4 is 23.7 Å². The molecule has 8 atom stereocenters. The predicted molar refractivity (Wildman–Crippen MR) is 189 cm³/mol. The largest absolute Gasteiger partial charge is 0.455 e. The fourth-order valence-corrected chi connectivity index (χ4v) is 8.16. The fourth-order valence-electron chi connectivity index (χ4n) is 8.16. The second-order valence-corrected chi connectivity index (χ2v) is 14.2. The lowest BCUT2D eigenvalue weighted by Crippen LogP contribution is -2.58. The molecule has 0 saturated carbocycles. The lowest BCUT2D eigenvalue weighted by Gasteiger charge is -2.39. The number of aliphatic hydroxyl groups is 1. The third-order valence-electron chi connectivity index (χ3n) is 10.3. The van der Waals surface area contributed by atoms with Gasteiger partial charge in [-0.25, -0.2) is 0 Å². The maximum atomic E-state index is 14.8. The van der Waals surface area contributed by atoms with Crippen molar-refractivity contribution in [3.63, 3.8) is 0 Å². The molecule has 0 aromatic heterocycles. The van der Waals surface area contributed by atoms with Crippen molar-refractivity contribution in [1.29, 1.82) is 0 Å². The number of likely N-dealkylation sites (tertiary alicyclic amines) is 1. The van der Waals surface area contributed by atoms with Crippen LogP contribution in [0.2, 0.25) is 0 Å². The van der Waals surface area contributed by atoms with E-state index in [0.717, 1.165) is 5.56 Å². The van der Waals surface area contributed by atoms with Gasteiger partial charge in [-0.1, -0.05) is 86.7 Å². The summed E-state index contributed by atoms with van der Waals surface area (Å²) in [5.74, 6) is -3.31. The van der Waals surface area contributed by atoms with Crippen LogP contribution in [0, 0.1) is 17.8 Å². The molecular weight excluding hydrogens is 634 g/mol. The maximum absolute atomic E-state index is 14.8. The molecule has 3 saturated heterocycles. The van der Waals surface area contributed by atoms with Crippen molar-refractivity contribution in [2.45, 2.75) is 95.4 Å². The molecule has 3 heterocycles. The molecule has 2 N–H and O–H groups in total. The molecule has 0 unspecified atom stereocenters. The molecule has 2 bridgehead atoms. The Balaban J connectivity index is 1.49. The second kappa shape index (κ2) is 16.2. The highest BCUT2D eigenvalue weighted by atomic mass is 16.6. The molecule has 2 aromatic rings. The number of carbonyl (C=O) groups excluding carboxylic acids is 4. The summed E-state index contributed by atoms with van der Waals surface area (Å²) in [5, 5.41) is 13.6. The van der Waals surface area contributed by atoms with Gasteiger partial charge in [-0.2, -0.15) is 0 Å². The minimum atomic E-state index is -1.27. The van der Waals surface area contributed by atoms with Crippen LogP contribution < -0.4 is 5.32 Å². The molecule has 3 amide bonds. The number of allylic oxidation sites excluding steroid dienone is 1. The first-order valence-electron chi connectivity index (χ1n) is 17.8. The molecule has 3 aliphatic rings. The van der Waals surface area contributed by atoms with E-state index in [4.69, 9.17) is 9.47 Å². The van der Waals surface area contributed by atoms with Crippen LogP contribution in [0.15, 0.2) is 86.0 Å². The zero-order valence-electron chi connectivity index (χ0n) is 29.4. The normalized spacial score (nSPS) is 25.5. The number of amides is 3. The molecule has 0 aliphatic carbocycles. The van der Waals surface area contributed by atoms with Crippen molar-refractivity contribution < 1.29 is 33.8 Å². The molecule has 1 spiro atoms. The van der Waals surface area contributed by atoms with E-state index in [2.05, 4.69) is 18.5 Å². The third-order valence-corrected chi connectivity index (χ3v) is 10.3. The average Bonchev–Trinajstić information content (AvgIpc) is 3.76. The lowest BCUT2D eigenvalue weighted by molar-refractivity contribution is -0.162. The molecule has 10 nitrogen and oxygen atoms in total. The van der Waals surface area contributed by atoms with Gasteiger partial charge in [0.1, 0.15) is 17.7 Å². The zero-order chi connectivity index (χ0) is 36.0. The van der Waals surface area contributed by atoms with Crippen LogP contribution in [0.4, 0.5) is 0 Å². The Hall–Kier alpha value is -4.28. The summed E-state index contributed by atoms with van der Waals surface area (Å²) < 4.78 is 12.9. The summed E-state index contributed by atoms with van der Waals surface area (Å²) in [4.78, 5) is 59.8. The van der Waals surface area contributed by atoms with Crippen LogP contribution in [0.5, 0.6) is 0 Å². The number of nitrogens with zero attached hydrogens (tertiary/aromatic N) is 2. The molecule has 2 aromatic carbocycles. The van der Waals surface area contributed by atoms with Crippen molar-refractivity contribution in [2.24, 2.45) is 17.8 Å². The van der Waals surface area contributed by atoms with E-state index in [1.165, 1.54) is 4.90 Å². The summed E-state index contributed by atoms with van der Waals surface area (Å²) in [6, 6.07) is 16.5. The number of ether oxygens (including phenoxy) is 2. The van der Waals surface area contributed by atoms with Crippen molar-refractivity contribution in [1.82, 2.24) is 15.1 Å². The molecule has 0 radical (unpaired) electrons. The van der Waals surface area contributed by atoms with Gasteiger partial charge < -0.3 is 29.7 Å². The first kappa shape index (κ1) is 37.0. The minimum Gasteiger partial charge on any atom is -0.455 e. The number of hydrogen-bond acceptors (Lipinski definition) is 7. The Labute approximate surface area is 295 Å². The number of esters is 1. The van der Waals surface area contributed by atoms with Crippen LogP contribution in [-0.2, 0) is 35.2 Å². The van der Waals surface area contributed by atoms with E-state index >= 15 is 0 Å². The van der Waals surface area contributed by atoms with Crippen LogP contribution in [-0.4, -0.2) is 81.6 Å². The van der Waals surface area contributed by atoms with Crippen molar-refractivity contribution in [3.05, 3.63) is 97.1 Å². The van der Waals surface area contributed by atoms with Gasteiger partial charge in [-0.05, 0) is 49.7 Å². The lowest BCUT2D eigenvalue weighted by atomic mass is 9.70. The Morgan fingerprint density at radius 1 is 1.08 bits per heavy atom. The van der Waals surface area contributed by atoms with Gasteiger partial charge in [0.25, 0.3) is 0 Å². The van der Waals surface area contributed by atoms with E-state index in [0.29, 0.717) is 37.8 Å². The van der Waals surface area contributed by atoms with Crippen LogP contribution >= 0.6 is 0 Å². The van der Waals surface area contributed by atoms with Crippen molar-refractivity contribution in [3.8, 4) is 0 Å². The minimum absolute atomic E-state index is 0.120. The highest BCUT2D eigenvalue weighted by Gasteiger charge is 2.75. The molecule has 50 heavy (non-hydrogen) atoms. The number of aliphatic hydroxyl groups excluding tert-OH is 1. The van der Waals surface area contributed by atoms with E-state index < -0.39 is 53.7 Å². The molecule has 3 aliphatic heterocycles. The monoisotopic (exact) mass is 685 g/mol. The third kappa shape index (κ3) is 7.42. The molecular formula is C40H51N3O7. The van der Waals surface area contributed by atoms with Gasteiger partial charge in [0, 0.05) is 19.5 Å². The van der Waals surface area contributed by atoms with Gasteiger partial charge in [-0.3, -0.25) is 19.2 Å². The van der Waals surface area contributed by atoms with E-state index in [1.54, 1.807) is 24.0 Å². The summed E-state index contributed by atoms with van der Waals surface area (Å²) in [7, 11) is 0. The van der Waals surface area contributed by atoms with Gasteiger partial charge in [0.2, 0.25) is 17.7 Å².